The second-order valence-corrected chi connectivity index (χ2v) is 5.80. The van der Waals surface area contributed by atoms with Crippen LogP contribution in [-0.2, 0) is 9.59 Å². The van der Waals surface area contributed by atoms with E-state index in [1.807, 2.05) is 0 Å². The van der Waals surface area contributed by atoms with Gasteiger partial charge in [0, 0.05) is 0 Å². The molecule has 0 aromatic heterocycles. The Morgan fingerprint density at radius 2 is 1.50 bits per heavy atom. The predicted octanol–water partition coefficient (Wildman–Crippen LogP) is 2.53. The van der Waals surface area contributed by atoms with Gasteiger partial charge < -0.3 is 0 Å². The summed E-state index contributed by atoms with van der Waals surface area (Å²) in [5.74, 6) is -1.28. The molecule has 0 radical (unpaired) electrons. The van der Waals surface area contributed by atoms with Crippen LogP contribution < -0.4 is 4.90 Å². The number of hydrogen-bond donors (Lipinski definition) is 0. The Bertz CT molecular complexity index is 607. The van der Waals surface area contributed by atoms with Crippen LogP contribution in [0.1, 0.15) is 12.8 Å². The lowest BCUT2D eigenvalue weighted by molar-refractivity contribution is -0.124. The minimum Gasteiger partial charge on any atom is -0.274 e. The molecule has 20 heavy (non-hydrogen) atoms. The van der Waals surface area contributed by atoms with E-state index in [0.29, 0.717) is 0 Å². The van der Waals surface area contributed by atoms with Crippen molar-refractivity contribution in [2.24, 2.45) is 23.7 Å². The number of amides is 2. The lowest BCUT2D eigenvalue weighted by atomic mass is 9.63. The molecular weight excluding hydrogens is 257 g/mol. The van der Waals surface area contributed by atoms with Crippen molar-refractivity contribution in [3.05, 3.63) is 42.2 Å². The Kier molecular flexibility index (Phi) is 2.37. The zero-order valence-electron chi connectivity index (χ0n) is 10.8. The highest BCUT2D eigenvalue weighted by atomic mass is 19.1. The van der Waals surface area contributed by atoms with Crippen LogP contribution in [-0.4, -0.2) is 11.8 Å². The summed E-state index contributed by atoms with van der Waals surface area (Å²) in [6, 6.07) is 5.98. The number of benzene rings is 1. The van der Waals surface area contributed by atoms with Gasteiger partial charge >= 0.3 is 0 Å². The topological polar surface area (TPSA) is 37.4 Å². The van der Waals surface area contributed by atoms with Crippen molar-refractivity contribution >= 4 is 17.5 Å². The van der Waals surface area contributed by atoms with E-state index in [-0.39, 0.29) is 41.2 Å². The number of halogens is 1. The van der Waals surface area contributed by atoms with Crippen molar-refractivity contribution in [2.75, 3.05) is 4.90 Å². The number of nitrogens with zero attached hydrogens (tertiary/aromatic N) is 1. The van der Waals surface area contributed by atoms with Gasteiger partial charge in [-0.15, -0.1) is 0 Å². The summed E-state index contributed by atoms with van der Waals surface area (Å²) < 4.78 is 13.9. The molecule has 5 rings (SSSR count). The number of fused-ring (bicyclic) bond motifs is 1. The van der Waals surface area contributed by atoms with E-state index in [1.165, 1.54) is 12.1 Å². The van der Waals surface area contributed by atoms with E-state index in [1.54, 1.807) is 12.1 Å². The Balaban J connectivity index is 1.80. The van der Waals surface area contributed by atoms with E-state index in [2.05, 4.69) is 12.2 Å². The molecule has 4 aliphatic rings. The molecule has 1 aromatic rings. The highest BCUT2D eigenvalue weighted by Gasteiger charge is 2.57. The molecule has 1 saturated carbocycles. The second kappa shape index (κ2) is 4.01. The van der Waals surface area contributed by atoms with Gasteiger partial charge in [-0.1, -0.05) is 24.3 Å². The number of para-hydroxylation sites is 1. The number of rotatable bonds is 1. The normalized spacial score (nSPS) is 34.8. The summed E-state index contributed by atoms with van der Waals surface area (Å²) in [5, 5.41) is 0. The minimum absolute atomic E-state index is 0.0938. The monoisotopic (exact) mass is 271 g/mol. The quantitative estimate of drug-likeness (QED) is 0.581. The first-order valence-electron chi connectivity index (χ1n) is 6.99. The standard InChI is InChI=1S/C16H14FNO2/c17-11-3-1-2-4-12(11)18-15(19)13-9-5-6-10(8-7-9)14(13)16(18)20/h1-6,9-10,13-14H,7-8H2/t9-,10-,13-,14+/m1/s1. The van der Waals surface area contributed by atoms with Crippen LogP contribution in [0.15, 0.2) is 36.4 Å². The minimum atomic E-state index is -0.520. The molecule has 4 atom stereocenters. The van der Waals surface area contributed by atoms with Gasteiger partial charge in [-0.3, -0.25) is 9.59 Å². The molecule has 0 N–H and O–H groups in total. The van der Waals surface area contributed by atoms with Crippen molar-refractivity contribution in [3.63, 3.8) is 0 Å². The maximum absolute atomic E-state index is 13.9. The largest absolute Gasteiger partial charge is 0.274 e. The average Bonchev–Trinajstić information content (AvgIpc) is 2.75. The van der Waals surface area contributed by atoms with Gasteiger partial charge in [0.05, 0.1) is 17.5 Å². The first-order valence-corrected chi connectivity index (χ1v) is 6.99. The van der Waals surface area contributed by atoms with Gasteiger partial charge in [0.1, 0.15) is 5.82 Å². The Morgan fingerprint density at radius 1 is 0.950 bits per heavy atom. The number of carbonyl (C=O) groups excluding carboxylic acids is 2. The van der Waals surface area contributed by atoms with Crippen LogP contribution in [0.5, 0.6) is 0 Å². The van der Waals surface area contributed by atoms with Crippen molar-refractivity contribution in [2.45, 2.75) is 12.8 Å². The molecule has 1 aliphatic heterocycles. The predicted molar refractivity (Wildman–Crippen MR) is 71.2 cm³/mol. The Hall–Kier alpha value is -1.97. The van der Waals surface area contributed by atoms with Gasteiger partial charge in [0.25, 0.3) is 0 Å². The molecule has 2 bridgehead atoms. The van der Waals surface area contributed by atoms with E-state index in [9.17, 15) is 14.0 Å². The summed E-state index contributed by atoms with van der Waals surface area (Å²) in [4.78, 5) is 26.3. The summed E-state index contributed by atoms with van der Waals surface area (Å²) in [6.45, 7) is 0. The highest BCUT2D eigenvalue weighted by molar-refractivity contribution is 6.22. The number of carbonyl (C=O) groups is 2. The molecule has 1 saturated heterocycles. The molecule has 4 heteroatoms. The van der Waals surface area contributed by atoms with E-state index in [0.717, 1.165) is 17.7 Å². The van der Waals surface area contributed by atoms with Crippen molar-refractivity contribution in [1.82, 2.24) is 0 Å². The van der Waals surface area contributed by atoms with Crippen molar-refractivity contribution < 1.29 is 14.0 Å². The molecule has 2 amide bonds. The fourth-order valence-corrected chi connectivity index (χ4v) is 3.94. The first-order chi connectivity index (χ1) is 9.68. The van der Waals surface area contributed by atoms with Crippen LogP contribution in [0.4, 0.5) is 10.1 Å². The zero-order chi connectivity index (χ0) is 13.9. The molecule has 102 valence electrons. The van der Waals surface area contributed by atoms with E-state index >= 15 is 0 Å². The van der Waals surface area contributed by atoms with Crippen LogP contribution in [0.2, 0.25) is 0 Å². The highest BCUT2D eigenvalue weighted by Crippen LogP contribution is 2.50. The zero-order valence-corrected chi connectivity index (χ0v) is 10.8. The van der Waals surface area contributed by atoms with Gasteiger partial charge in [0.2, 0.25) is 11.8 Å². The molecule has 2 fully saturated rings. The molecular formula is C16H14FNO2. The fourth-order valence-electron chi connectivity index (χ4n) is 3.94. The third-order valence-electron chi connectivity index (χ3n) is 4.85. The summed E-state index contributed by atoms with van der Waals surface area (Å²) >= 11 is 0. The molecule has 0 spiro atoms. The summed E-state index contributed by atoms with van der Waals surface area (Å²) in [7, 11) is 0. The summed E-state index contributed by atoms with van der Waals surface area (Å²) in [6.07, 6.45) is 6.02. The van der Waals surface area contributed by atoms with Crippen LogP contribution in [0.25, 0.3) is 0 Å². The second-order valence-electron chi connectivity index (χ2n) is 5.80. The van der Waals surface area contributed by atoms with Crippen molar-refractivity contribution in [1.29, 1.82) is 0 Å². The molecule has 3 aliphatic carbocycles. The SMILES string of the molecule is O=C1[C@@H]2[C@H](C(=O)N1c1ccccc1F)[C@@H]1C=C[C@@H]2CC1. The summed E-state index contributed by atoms with van der Waals surface area (Å²) in [5.41, 5.74) is 0.0938. The van der Waals surface area contributed by atoms with Gasteiger partial charge in [0.15, 0.2) is 0 Å². The van der Waals surface area contributed by atoms with Gasteiger partial charge in [-0.25, -0.2) is 9.29 Å². The lowest BCUT2D eigenvalue weighted by Gasteiger charge is -2.38. The molecule has 0 unspecified atom stereocenters. The van der Waals surface area contributed by atoms with E-state index < -0.39 is 5.82 Å². The lowest BCUT2D eigenvalue weighted by Crippen LogP contribution is -2.38. The van der Waals surface area contributed by atoms with E-state index in [4.69, 9.17) is 0 Å². The maximum Gasteiger partial charge on any atom is 0.238 e. The third kappa shape index (κ3) is 1.39. The average molecular weight is 271 g/mol. The number of imide groups is 1. The van der Waals surface area contributed by atoms with Crippen LogP contribution in [0, 0.1) is 29.5 Å². The van der Waals surface area contributed by atoms with Crippen LogP contribution in [0.3, 0.4) is 0 Å². The fraction of sp³-hybridized carbons (Fsp3) is 0.375. The Labute approximate surface area is 116 Å². The first kappa shape index (κ1) is 11.8. The number of anilines is 1. The number of allylic oxidation sites excluding steroid dienone is 2. The Morgan fingerprint density at radius 3 is 2.00 bits per heavy atom. The maximum atomic E-state index is 13.9. The van der Waals surface area contributed by atoms with Crippen LogP contribution >= 0.6 is 0 Å². The van der Waals surface area contributed by atoms with Gasteiger partial charge in [-0.2, -0.15) is 0 Å². The van der Waals surface area contributed by atoms with Crippen molar-refractivity contribution in [3.8, 4) is 0 Å². The van der Waals surface area contributed by atoms with Gasteiger partial charge in [-0.05, 0) is 36.8 Å². The third-order valence-corrected chi connectivity index (χ3v) is 4.85. The molecule has 1 aromatic carbocycles. The molecule has 3 nitrogen and oxygen atoms in total. The molecule has 1 heterocycles. The smallest absolute Gasteiger partial charge is 0.238 e. The number of hydrogen-bond acceptors (Lipinski definition) is 2.